The monoisotopic (exact) mass is 355 g/mol. The molecule has 138 valence electrons. The second-order valence-electron chi connectivity index (χ2n) is 6.07. The summed E-state index contributed by atoms with van der Waals surface area (Å²) < 4.78 is 5.12. The van der Waals surface area contributed by atoms with Crippen LogP contribution in [0, 0.1) is 0 Å². The molecule has 0 bridgehead atoms. The minimum absolute atomic E-state index is 0.342. The van der Waals surface area contributed by atoms with E-state index in [4.69, 9.17) is 4.74 Å². The van der Waals surface area contributed by atoms with Crippen molar-refractivity contribution in [3.63, 3.8) is 0 Å². The Hall–Kier alpha value is -2.67. The number of carbonyl (C=O) groups is 1. The van der Waals surface area contributed by atoms with Crippen molar-refractivity contribution in [2.45, 2.75) is 13.8 Å². The summed E-state index contributed by atoms with van der Waals surface area (Å²) in [6, 6.07) is 9.19. The highest BCUT2D eigenvalue weighted by molar-refractivity contribution is 5.96. The number of piperazine rings is 1. The first-order valence-corrected chi connectivity index (χ1v) is 9.03. The van der Waals surface area contributed by atoms with Crippen LogP contribution in [-0.2, 0) is 4.74 Å². The minimum Gasteiger partial charge on any atom is -0.462 e. The quantitative estimate of drug-likeness (QED) is 0.799. The normalized spacial score (nSPS) is 14.9. The second-order valence-corrected chi connectivity index (χ2v) is 6.07. The number of aromatic nitrogens is 2. The number of anilines is 3. The van der Waals surface area contributed by atoms with Crippen LogP contribution in [0.3, 0.4) is 0 Å². The molecule has 0 saturated carbocycles. The Morgan fingerprint density at radius 1 is 1.15 bits per heavy atom. The topological polar surface area (TPSA) is 70.6 Å². The van der Waals surface area contributed by atoms with E-state index < -0.39 is 0 Å². The average Bonchev–Trinajstić information content (AvgIpc) is 2.69. The lowest BCUT2D eigenvalue weighted by atomic mass is 10.2. The van der Waals surface area contributed by atoms with Gasteiger partial charge < -0.3 is 19.9 Å². The van der Waals surface area contributed by atoms with E-state index in [2.05, 4.69) is 32.0 Å². The van der Waals surface area contributed by atoms with E-state index in [9.17, 15) is 4.79 Å². The molecule has 0 unspecified atom stereocenters. The highest BCUT2D eigenvalue weighted by atomic mass is 16.5. The fourth-order valence-corrected chi connectivity index (χ4v) is 3.00. The lowest BCUT2D eigenvalue weighted by molar-refractivity contribution is 0.0527. The number of rotatable bonds is 6. The van der Waals surface area contributed by atoms with E-state index in [0.29, 0.717) is 23.7 Å². The Balaban J connectivity index is 1.75. The zero-order valence-corrected chi connectivity index (χ0v) is 15.3. The van der Waals surface area contributed by atoms with Crippen molar-refractivity contribution >= 4 is 23.3 Å². The largest absolute Gasteiger partial charge is 0.462 e. The first-order valence-electron chi connectivity index (χ1n) is 9.03. The van der Waals surface area contributed by atoms with Crippen molar-refractivity contribution in [1.29, 1.82) is 0 Å². The van der Waals surface area contributed by atoms with E-state index in [0.717, 1.165) is 38.5 Å². The van der Waals surface area contributed by atoms with Crippen molar-refractivity contribution in [1.82, 2.24) is 14.9 Å². The minimum atomic E-state index is -0.347. The zero-order valence-electron chi connectivity index (χ0n) is 15.3. The summed E-state index contributed by atoms with van der Waals surface area (Å²) in [6.45, 7) is 9.37. The van der Waals surface area contributed by atoms with Gasteiger partial charge >= 0.3 is 5.97 Å². The van der Waals surface area contributed by atoms with Crippen molar-refractivity contribution in [2.24, 2.45) is 0 Å². The number of nitrogens with one attached hydrogen (secondary N) is 1. The highest BCUT2D eigenvalue weighted by Gasteiger charge is 2.18. The standard InChI is InChI=1S/C19H25N5O2/c1-3-23-9-11-24(12-10-23)18-13-17(20-14-21-18)22-16-8-6-5-7-15(16)19(25)26-4-2/h5-8,13-14H,3-4,9-12H2,1-2H3,(H,20,21,22). The van der Waals surface area contributed by atoms with Gasteiger partial charge in [-0.1, -0.05) is 19.1 Å². The van der Waals surface area contributed by atoms with Crippen molar-refractivity contribution in [3.8, 4) is 0 Å². The predicted molar refractivity (Wildman–Crippen MR) is 102 cm³/mol. The van der Waals surface area contributed by atoms with Crippen LogP contribution in [0.2, 0.25) is 0 Å². The Morgan fingerprint density at radius 2 is 1.92 bits per heavy atom. The second kappa shape index (κ2) is 8.62. The van der Waals surface area contributed by atoms with Crippen molar-refractivity contribution < 1.29 is 9.53 Å². The molecular weight excluding hydrogens is 330 g/mol. The van der Waals surface area contributed by atoms with E-state index in [1.54, 1.807) is 19.3 Å². The van der Waals surface area contributed by atoms with Gasteiger partial charge in [0, 0.05) is 32.2 Å². The van der Waals surface area contributed by atoms with Gasteiger partial charge in [0.2, 0.25) is 0 Å². The molecule has 7 nitrogen and oxygen atoms in total. The van der Waals surface area contributed by atoms with Crippen molar-refractivity contribution in [3.05, 3.63) is 42.2 Å². The van der Waals surface area contributed by atoms with Crippen LogP contribution in [0.1, 0.15) is 24.2 Å². The molecule has 0 radical (unpaired) electrons. The molecule has 0 spiro atoms. The molecule has 1 aromatic carbocycles. The lowest BCUT2D eigenvalue weighted by Gasteiger charge is -2.34. The first-order chi connectivity index (χ1) is 12.7. The smallest absolute Gasteiger partial charge is 0.340 e. The van der Waals surface area contributed by atoms with Gasteiger partial charge in [0.05, 0.1) is 17.9 Å². The van der Waals surface area contributed by atoms with E-state index >= 15 is 0 Å². The molecule has 3 rings (SSSR count). The molecule has 1 saturated heterocycles. The third-order valence-corrected chi connectivity index (χ3v) is 4.48. The lowest BCUT2D eigenvalue weighted by Crippen LogP contribution is -2.46. The Labute approximate surface area is 154 Å². The molecule has 2 aromatic rings. The number of para-hydroxylation sites is 1. The van der Waals surface area contributed by atoms with E-state index in [-0.39, 0.29) is 5.97 Å². The molecule has 1 aliphatic rings. The van der Waals surface area contributed by atoms with Gasteiger partial charge in [0.15, 0.2) is 0 Å². The van der Waals surface area contributed by atoms with E-state index in [1.165, 1.54) is 0 Å². The summed E-state index contributed by atoms with van der Waals surface area (Å²) in [7, 11) is 0. The summed E-state index contributed by atoms with van der Waals surface area (Å²) in [4.78, 5) is 25.5. The third-order valence-electron chi connectivity index (χ3n) is 4.48. The molecule has 1 aliphatic heterocycles. The zero-order chi connectivity index (χ0) is 18.4. The van der Waals surface area contributed by atoms with Gasteiger partial charge in [0.1, 0.15) is 18.0 Å². The Morgan fingerprint density at radius 3 is 2.65 bits per heavy atom. The number of carbonyl (C=O) groups excluding carboxylic acids is 1. The summed E-state index contributed by atoms with van der Waals surface area (Å²) in [5.41, 5.74) is 1.16. The Bertz CT molecular complexity index is 744. The third kappa shape index (κ3) is 4.29. The average molecular weight is 355 g/mol. The summed E-state index contributed by atoms with van der Waals surface area (Å²) in [5.74, 6) is 1.21. The molecule has 26 heavy (non-hydrogen) atoms. The van der Waals surface area contributed by atoms with E-state index in [1.807, 2.05) is 24.3 Å². The maximum absolute atomic E-state index is 12.1. The molecule has 0 amide bonds. The van der Waals surface area contributed by atoms with Gasteiger partial charge in [-0.15, -0.1) is 0 Å². The number of nitrogens with zero attached hydrogens (tertiary/aromatic N) is 4. The molecule has 1 N–H and O–H groups in total. The van der Waals surface area contributed by atoms with Crippen LogP contribution < -0.4 is 10.2 Å². The number of likely N-dealkylation sites (N-methyl/N-ethyl adjacent to an activating group) is 1. The van der Waals surface area contributed by atoms with Crippen LogP contribution in [-0.4, -0.2) is 60.2 Å². The predicted octanol–water partition coefficient (Wildman–Crippen LogP) is 2.54. The number of hydrogen-bond donors (Lipinski definition) is 1. The molecule has 0 atom stereocenters. The van der Waals surface area contributed by atoms with Gasteiger partial charge in [-0.05, 0) is 25.6 Å². The van der Waals surface area contributed by atoms with Crippen LogP contribution >= 0.6 is 0 Å². The van der Waals surface area contributed by atoms with Crippen LogP contribution in [0.15, 0.2) is 36.7 Å². The molecule has 0 aliphatic carbocycles. The van der Waals surface area contributed by atoms with Crippen molar-refractivity contribution in [2.75, 3.05) is 49.5 Å². The summed E-state index contributed by atoms with van der Waals surface area (Å²) >= 11 is 0. The van der Waals surface area contributed by atoms with Crippen LogP contribution in [0.5, 0.6) is 0 Å². The molecular formula is C19H25N5O2. The van der Waals surface area contributed by atoms with Gasteiger partial charge in [-0.2, -0.15) is 0 Å². The fraction of sp³-hybridized carbons (Fsp3) is 0.421. The molecule has 2 heterocycles. The summed E-state index contributed by atoms with van der Waals surface area (Å²) in [5, 5.41) is 3.22. The Kier molecular flexibility index (Phi) is 6.01. The van der Waals surface area contributed by atoms with Crippen LogP contribution in [0.4, 0.5) is 17.3 Å². The maximum Gasteiger partial charge on any atom is 0.340 e. The number of esters is 1. The molecule has 1 fully saturated rings. The number of hydrogen-bond acceptors (Lipinski definition) is 7. The summed E-state index contributed by atoms with van der Waals surface area (Å²) in [6.07, 6.45) is 1.55. The maximum atomic E-state index is 12.1. The number of ether oxygens (including phenoxy) is 1. The highest BCUT2D eigenvalue weighted by Crippen LogP contribution is 2.23. The SMILES string of the molecule is CCOC(=O)c1ccccc1Nc1cc(N2CCN(CC)CC2)ncn1. The number of benzene rings is 1. The molecule has 1 aromatic heterocycles. The fourth-order valence-electron chi connectivity index (χ4n) is 3.00. The van der Waals surface area contributed by atoms with Gasteiger partial charge in [0.25, 0.3) is 0 Å². The van der Waals surface area contributed by atoms with Gasteiger partial charge in [-0.3, -0.25) is 0 Å². The first kappa shape index (κ1) is 18.1. The molecule has 7 heteroatoms. The van der Waals surface area contributed by atoms with Crippen LogP contribution in [0.25, 0.3) is 0 Å². The van der Waals surface area contributed by atoms with Gasteiger partial charge in [-0.25, -0.2) is 14.8 Å².